The summed E-state index contributed by atoms with van der Waals surface area (Å²) in [5, 5.41) is 3.45. The SMILES string of the molecule is C=N/C(NC1(C)CC1)=C(\C)C(C(=O)N1Cc2cccnc2C1)=C(C)C. The predicted octanol–water partition coefficient (Wildman–Crippen LogP) is 3.33. The van der Waals surface area contributed by atoms with Gasteiger partial charge in [-0.3, -0.25) is 9.78 Å². The Labute approximate surface area is 149 Å². The molecule has 1 N–H and O–H groups in total. The molecular weight excluding hydrogens is 312 g/mol. The van der Waals surface area contributed by atoms with Crippen molar-refractivity contribution in [2.45, 2.75) is 59.2 Å². The number of pyridine rings is 1. The Kier molecular flexibility index (Phi) is 4.50. The number of carbonyl (C=O) groups is 1. The summed E-state index contributed by atoms with van der Waals surface area (Å²) in [4.78, 5) is 23.6. The Morgan fingerprint density at radius 1 is 1.32 bits per heavy atom. The van der Waals surface area contributed by atoms with Gasteiger partial charge in [-0.25, -0.2) is 4.99 Å². The third-order valence-electron chi connectivity index (χ3n) is 5.00. The fourth-order valence-corrected chi connectivity index (χ4v) is 3.22. The molecule has 1 saturated carbocycles. The summed E-state index contributed by atoms with van der Waals surface area (Å²) in [7, 11) is 0. The molecule has 2 aliphatic rings. The summed E-state index contributed by atoms with van der Waals surface area (Å²) in [6.45, 7) is 12.9. The second-order valence-corrected chi connectivity index (χ2v) is 7.46. The summed E-state index contributed by atoms with van der Waals surface area (Å²) < 4.78 is 0. The highest BCUT2D eigenvalue weighted by atomic mass is 16.2. The second kappa shape index (κ2) is 6.47. The van der Waals surface area contributed by atoms with Crippen LogP contribution in [-0.4, -0.2) is 28.0 Å². The molecule has 5 heteroatoms. The Balaban J connectivity index is 1.88. The molecule has 2 heterocycles. The standard InChI is InChI=1S/C20H26N4O/c1-13(2)17(14(3)18(21-5)23-20(4)8-9-20)19(25)24-11-15-7-6-10-22-16(15)12-24/h6-7,10,23H,5,8-9,11-12H2,1-4H3/b18-14-. The van der Waals surface area contributed by atoms with E-state index in [1.807, 2.05) is 37.8 Å². The van der Waals surface area contributed by atoms with Crippen LogP contribution in [0.25, 0.3) is 0 Å². The molecule has 0 atom stereocenters. The Bertz CT molecular complexity index is 758. The number of fused-ring (bicyclic) bond motifs is 1. The molecule has 3 rings (SSSR count). The number of nitrogens with zero attached hydrogens (tertiary/aromatic N) is 3. The molecular formula is C20H26N4O. The van der Waals surface area contributed by atoms with E-state index in [4.69, 9.17) is 0 Å². The van der Waals surface area contributed by atoms with E-state index in [9.17, 15) is 4.79 Å². The zero-order chi connectivity index (χ0) is 18.2. The first-order chi connectivity index (χ1) is 11.8. The van der Waals surface area contributed by atoms with E-state index in [-0.39, 0.29) is 11.4 Å². The van der Waals surface area contributed by atoms with Gasteiger partial charge in [-0.1, -0.05) is 11.6 Å². The van der Waals surface area contributed by atoms with Gasteiger partial charge in [-0.2, -0.15) is 0 Å². The van der Waals surface area contributed by atoms with E-state index in [0.29, 0.717) is 24.5 Å². The van der Waals surface area contributed by atoms with Gasteiger partial charge >= 0.3 is 0 Å². The van der Waals surface area contributed by atoms with Crippen molar-refractivity contribution in [3.05, 3.63) is 52.1 Å². The first kappa shape index (κ1) is 17.4. The minimum absolute atomic E-state index is 0.0272. The summed E-state index contributed by atoms with van der Waals surface area (Å²) in [6.07, 6.45) is 4.01. The van der Waals surface area contributed by atoms with Crippen LogP contribution >= 0.6 is 0 Å². The lowest BCUT2D eigenvalue weighted by Gasteiger charge is -2.22. The van der Waals surface area contributed by atoms with Crippen LogP contribution in [0.15, 0.2) is 45.9 Å². The van der Waals surface area contributed by atoms with E-state index in [1.165, 1.54) is 0 Å². The molecule has 1 aliphatic heterocycles. The molecule has 0 radical (unpaired) electrons. The van der Waals surface area contributed by atoms with Crippen LogP contribution in [0.3, 0.4) is 0 Å². The minimum atomic E-state index is 0.0272. The predicted molar refractivity (Wildman–Crippen MR) is 99.9 cm³/mol. The fraction of sp³-hybridized carbons (Fsp3) is 0.450. The Hall–Kier alpha value is -2.43. The van der Waals surface area contributed by atoms with Crippen LogP contribution in [0.5, 0.6) is 0 Å². The molecule has 0 saturated heterocycles. The van der Waals surface area contributed by atoms with E-state index in [2.05, 4.69) is 28.9 Å². The van der Waals surface area contributed by atoms with Crippen molar-refractivity contribution < 1.29 is 4.79 Å². The molecule has 0 spiro atoms. The smallest absolute Gasteiger partial charge is 0.254 e. The van der Waals surface area contributed by atoms with Gasteiger partial charge in [-0.05, 0) is 58.9 Å². The average Bonchev–Trinajstić information content (AvgIpc) is 3.14. The Morgan fingerprint density at radius 3 is 2.60 bits per heavy atom. The number of allylic oxidation sites excluding steroid dienone is 1. The van der Waals surface area contributed by atoms with Gasteiger partial charge in [0.2, 0.25) is 0 Å². The highest BCUT2D eigenvalue weighted by Crippen LogP contribution is 2.36. The normalized spacial score (nSPS) is 18.2. The zero-order valence-electron chi connectivity index (χ0n) is 15.5. The molecule has 0 aromatic carbocycles. The molecule has 1 aromatic rings. The third kappa shape index (κ3) is 3.50. The van der Waals surface area contributed by atoms with Crippen molar-refractivity contribution in [2.24, 2.45) is 4.99 Å². The van der Waals surface area contributed by atoms with Gasteiger partial charge in [-0.15, -0.1) is 0 Å². The number of nitrogens with one attached hydrogen (secondary N) is 1. The van der Waals surface area contributed by atoms with Crippen molar-refractivity contribution in [1.82, 2.24) is 15.2 Å². The topological polar surface area (TPSA) is 57.6 Å². The molecule has 1 aliphatic carbocycles. The van der Waals surface area contributed by atoms with Crippen LogP contribution in [-0.2, 0) is 17.9 Å². The summed E-state index contributed by atoms with van der Waals surface area (Å²) in [5.74, 6) is 0.735. The minimum Gasteiger partial charge on any atom is -0.365 e. The van der Waals surface area contributed by atoms with E-state index in [1.54, 1.807) is 6.20 Å². The number of carbonyl (C=O) groups excluding carboxylic acids is 1. The number of amides is 1. The monoisotopic (exact) mass is 338 g/mol. The van der Waals surface area contributed by atoms with Crippen molar-refractivity contribution in [3.8, 4) is 0 Å². The van der Waals surface area contributed by atoms with E-state index < -0.39 is 0 Å². The van der Waals surface area contributed by atoms with Crippen LogP contribution < -0.4 is 5.32 Å². The van der Waals surface area contributed by atoms with Gasteiger partial charge in [0.15, 0.2) is 0 Å². The van der Waals surface area contributed by atoms with E-state index >= 15 is 0 Å². The van der Waals surface area contributed by atoms with Gasteiger partial charge in [0, 0.05) is 29.4 Å². The lowest BCUT2D eigenvalue weighted by molar-refractivity contribution is -0.127. The second-order valence-electron chi connectivity index (χ2n) is 7.46. The lowest BCUT2D eigenvalue weighted by atomic mass is 10.0. The van der Waals surface area contributed by atoms with Gasteiger partial charge < -0.3 is 10.2 Å². The number of aliphatic imine (C=N–C) groups is 1. The third-order valence-corrected chi connectivity index (χ3v) is 5.00. The Morgan fingerprint density at radius 2 is 2.04 bits per heavy atom. The first-order valence-electron chi connectivity index (χ1n) is 8.70. The van der Waals surface area contributed by atoms with E-state index in [0.717, 1.165) is 35.2 Å². The number of hydrogen-bond acceptors (Lipinski definition) is 4. The summed E-state index contributed by atoms with van der Waals surface area (Å²) in [6, 6.07) is 3.95. The molecule has 1 aromatic heterocycles. The highest BCUT2D eigenvalue weighted by Gasteiger charge is 2.38. The molecule has 1 amide bonds. The maximum Gasteiger partial charge on any atom is 0.254 e. The zero-order valence-corrected chi connectivity index (χ0v) is 15.5. The fourth-order valence-electron chi connectivity index (χ4n) is 3.22. The van der Waals surface area contributed by atoms with Gasteiger partial charge in [0.05, 0.1) is 12.2 Å². The number of hydrogen-bond donors (Lipinski definition) is 1. The average molecular weight is 338 g/mol. The van der Waals surface area contributed by atoms with Crippen LogP contribution in [0.2, 0.25) is 0 Å². The maximum atomic E-state index is 13.2. The number of rotatable bonds is 5. The van der Waals surface area contributed by atoms with Crippen LogP contribution in [0.4, 0.5) is 0 Å². The summed E-state index contributed by atoms with van der Waals surface area (Å²) >= 11 is 0. The van der Waals surface area contributed by atoms with Crippen molar-refractivity contribution in [2.75, 3.05) is 0 Å². The van der Waals surface area contributed by atoms with Crippen LogP contribution in [0.1, 0.15) is 51.8 Å². The molecule has 0 bridgehead atoms. The summed E-state index contributed by atoms with van der Waals surface area (Å²) in [5.41, 5.74) is 4.74. The molecule has 5 nitrogen and oxygen atoms in total. The number of aromatic nitrogens is 1. The van der Waals surface area contributed by atoms with Crippen molar-refractivity contribution >= 4 is 12.6 Å². The van der Waals surface area contributed by atoms with Crippen molar-refractivity contribution in [3.63, 3.8) is 0 Å². The first-order valence-corrected chi connectivity index (χ1v) is 8.70. The molecule has 0 unspecified atom stereocenters. The van der Waals surface area contributed by atoms with Crippen molar-refractivity contribution in [1.29, 1.82) is 0 Å². The maximum absolute atomic E-state index is 13.2. The highest BCUT2D eigenvalue weighted by molar-refractivity contribution is 5.98. The molecule has 132 valence electrons. The lowest BCUT2D eigenvalue weighted by Crippen LogP contribution is -2.31. The van der Waals surface area contributed by atoms with Crippen LogP contribution in [0, 0.1) is 0 Å². The quantitative estimate of drug-likeness (QED) is 0.509. The van der Waals surface area contributed by atoms with Gasteiger partial charge in [0.1, 0.15) is 5.82 Å². The molecule has 1 fully saturated rings. The van der Waals surface area contributed by atoms with Gasteiger partial charge in [0.25, 0.3) is 5.91 Å². The largest absolute Gasteiger partial charge is 0.365 e. The molecule has 25 heavy (non-hydrogen) atoms.